The Morgan fingerprint density at radius 3 is 1.71 bits per heavy atom. The molecule has 0 saturated carbocycles. The second-order valence-electron chi connectivity index (χ2n) is 4.67. The molecule has 0 heterocycles. The van der Waals surface area contributed by atoms with Crippen LogP contribution in [0.3, 0.4) is 0 Å². The van der Waals surface area contributed by atoms with E-state index in [-0.39, 0.29) is 0 Å². The van der Waals surface area contributed by atoms with Crippen LogP contribution in [-0.2, 0) is 8.23 Å². The Balaban J connectivity index is 4.42. The Morgan fingerprint density at radius 1 is 1.00 bits per heavy atom. The van der Waals surface area contributed by atoms with E-state index >= 15 is 0 Å². The first-order valence-corrected chi connectivity index (χ1v) is 12.6. The zero-order valence-corrected chi connectivity index (χ0v) is 12.5. The Morgan fingerprint density at radius 2 is 1.43 bits per heavy atom. The molecule has 0 fully saturated rings. The SMILES string of the molecule is C=C[Si](C)(C)O[Si](O)(O)O[Si](C)(C)C. The van der Waals surface area contributed by atoms with Gasteiger partial charge in [-0.2, -0.15) is 0 Å². The molecule has 0 aliphatic heterocycles. The monoisotopic (exact) mass is 252 g/mol. The molecule has 0 rings (SSSR count). The van der Waals surface area contributed by atoms with Crippen LogP contribution in [0.2, 0.25) is 32.7 Å². The lowest BCUT2D eigenvalue weighted by Gasteiger charge is -2.30. The molecular weight excluding hydrogens is 232 g/mol. The van der Waals surface area contributed by atoms with Gasteiger partial charge in [0, 0.05) is 0 Å². The maximum Gasteiger partial charge on any atom is 0.653 e. The lowest BCUT2D eigenvalue weighted by Crippen LogP contribution is -2.55. The normalized spacial score (nSPS) is 14.2. The quantitative estimate of drug-likeness (QED) is 0.722. The van der Waals surface area contributed by atoms with E-state index in [0.717, 1.165) is 0 Å². The van der Waals surface area contributed by atoms with Gasteiger partial charge in [0.2, 0.25) is 8.32 Å². The van der Waals surface area contributed by atoms with Crippen LogP contribution in [-0.4, -0.2) is 35.3 Å². The van der Waals surface area contributed by atoms with Crippen molar-refractivity contribution in [3.63, 3.8) is 0 Å². The summed E-state index contributed by atoms with van der Waals surface area (Å²) < 4.78 is 10.5. The average molecular weight is 252 g/mol. The van der Waals surface area contributed by atoms with Crippen molar-refractivity contribution < 1.29 is 17.8 Å². The van der Waals surface area contributed by atoms with Crippen LogP contribution in [0.5, 0.6) is 0 Å². The Hall–Kier alpha value is 0.231. The van der Waals surface area contributed by atoms with Gasteiger partial charge in [-0.3, -0.25) is 0 Å². The fourth-order valence-corrected chi connectivity index (χ4v) is 7.61. The third kappa shape index (κ3) is 6.65. The predicted octanol–water partition coefficient (Wildman–Crippen LogP) is 1.20. The van der Waals surface area contributed by atoms with Crippen LogP contribution in [0.25, 0.3) is 0 Å². The van der Waals surface area contributed by atoms with Crippen molar-refractivity contribution in [2.24, 2.45) is 0 Å². The summed E-state index contributed by atoms with van der Waals surface area (Å²) in [5, 5.41) is 0. The first-order chi connectivity index (χ1) is 5.97. The standard InChI is InChI=1S/C7H20O4Si3/c1-7-13(5,6)11-14(8,9)10-12(2,3)4/h7-9H,1H2,2-6H3. The zero-order valence-electron chi connectivity index (χ0n) is 9.50. The van der Waals surface area contributed by atoms with Crippen LogP contribution in [0.4, 0.5) is 0 Å². The van der Waals surface area contributed by atoms with Crippen molar-refractivity contribution >= 4 is 25.7 Å². The predicted molar refractivity (Wildman–Crippen MR) is 63.4 cm³/mol. The van der Waals surface area contributed by atoms with Crippen LogP contribution < -0.4 is 0 Å². The molecule has 0 spiro atoms. The van der Waals surface area contributed by atoms with Crippen molar-refractivity contribution in [2.75, 3.05) is 0 Å². The molecule has 14 heavy (non-hydrogen) atoms. The highest BCUT2D eigenvalue weighted by molar-refractivity contribution is 6.85. The van der Waals surface area contributed by atoms with Gasteiger partial charge in [0.25, 0.3) is 0 Å². The molecule has 0 aromatic rings. The van der Waals surface area contributed by atoms with Crippen molar-refractivity contribution in [3.8, 4) is 0 Å². The molecule has 2 N–H and O–H groups in total. The first kappa shape index (κ1) is 14.2. The number of rotatable bonds is 5. The van der Waals surface area contributed by atoms with Gasteiger partial charge in [0.05, 0.1) is 0 Å². The second-order valence-corrected chi connectivity index (χ2v) is 15.2. The van der Waals surface area contributed by atoms with Crippen molar-refractivity contribution in [1.82, 2.24) is 0 Å². The summed E-state index contributed by atoms with van der Waals surface area (Å²) in [6.45, 7) is 12.9. The van der Waals surface area contributed by atoms with Gasteiger partial charge in [-0.15, -0.1) is 6.58 Å². The van der Waals surface area contributed by atoms with E-state index in [0.29, 0.717) is 0 Å². The van der Waals surface area contributed by atoms with E-state index in [9.17, 15) is 9.59 Å². The smallest absolute Gasteiger partial charge is 0.395 e. The van der Waals surface area contributed by atoms with Gasteiger partial charge in [0.1, 0.15) is 0 Å². The molecule has 4 nitrogen and oxygen atoms in total. The molecule has 0 bridgehead atoms. The molecule has 7 heteroatoms. The summed E-state index contributed by atoms with van der Waals surface area (Å²) >= 11 is 0. The zero-order chi connectivity index (χ0) is 11.6. The van der Waals surface area contributed by atoms with E-state index in [1.54, 1.807) is 5.70 Å². The summed E-state index contributed by atoms with van der Waals surface area (Å²) in [7, 11) is -8.11. The van der Waals surface area contributed by atoms with Gasteiger partial charge < -0.3 is 17.8 Å². The topological polar surface area (TPSA) is 58.9 Å². The molecule has 0 amide bonds. The van der Waals surface area contributed by atoms with Crippen LogP contribution in [0, 0.1) is 0 Å². The lowest BCUT2D eigenvalue weighted by atomic mass is 11.3. The number of hydrogen-bond donors (Lipinski definition) is 2. The summed E-state index contributed by atoms with van der Waals surface area (Å²) in [4.78, 5) is 19.2. The summed E-state index contributed by atoms with van der Waals surface area (Å²) in [6.07, 6.45) is 0. The lowest BCUT2D eigenvalue weighted by molar-refractivity contribution is 0.134. The van der Waals surface area contributed by atoms with E-state index in [1.165, 1.54) is 0 Å². The maximum absolute atomic E-state index is 9.59. The molecule has 84 valence electrons. The molecule has 0 atom stereocenters. The van der Waals surface area contributed by atoms with Gasteiger partial charge in [-0.05, 0) is 32.7 Å². The average Bonchev–Trinajstić information content (AvgIpc) is 1.78. The maximum atomic E-state index is 9.59. The second kappa shape index (κ2) is 4.39. The van der Waals surface area contributed by atoms with Gasteiger partial charge in [-0.1, -0.05) is 5.70 Å². The Bertz CT molecular complexity index is 209. The van der Waals surface area contributed by atoms with Crippen LogP contribution >= 0.6 is 0 Å². The third-order valence-corrected chi connectivity index (χ3v) is 8.99. The van der Waals surface area contributed by atoms with Gasteiger partial charge in [-0.25, -0.2) is 0 Å². The van der Waals surface area contributed by atoms with E-state index in [1.807, 2.05) is 32.7 Å². The first-order valence-electron chi connectivity index (χ1n) is 4.46. The molecule has 0 aromatic heterocycles. The largest absolute Gasteiger partial charge is 0.653 e. The highest BCUT2D eigenvalue weighted by Crippen LogP contribution is 2.16. The molecule has 0 aliphatic rings. The molecule has 0 unspecified atom stereocenters. The van der Waals surface area contributed by atoms with Crippen molar-refractivity contribution in [2.45, 2.75) is 32.7 Å². The molecule has 0 aromatic carbocycles. The van der Waals surface area contributed by atoms with Crippen molar-refractivity contribution in [1.29, 1.82) is 0 Å². The van der Waals surface area contributed by atoms with Crippen molar-refractivity contribution in [3.05, 3.63) is 12.3 Å². The minimum Gasteiger partial charge on any atom is -0.395 e. The molecule has 0 aliphatic carbocycles. The van der Waals surface area contributed by atoms with Gasteiger partial charge >= 0.3 is 9.05 Å². The third-order valence-electron chi connectivity index (χ3n) is 1.33. The summed E-state index contributed by atoms with van der Waals surface area (Å²) in [5.41, 5.74) is 1.65. The molecule has 0 radical (unpaired) electrons. The fourth-order valence-electron chi connectivity index (χ4n) is 0.804. The minimum absolute atomic E-state index is 1.65. The highest BCUT2D eigenvalue weighted by atomic mass is 28.5. The molecular formula is C7H20O4Si3. The summed E-state index contributed by atoms with van der Waals surface area (Å²) in [5.74, 6) is 0. The minimum atomic E-state index is -3.94. The Kier molecular flexibility index (Phi) is 4.46. The molecule has 0 saturated heterocycles. The van der Waals surface area contributed by atoms with E-state index in [2.05, 4.69) is 6.58 Å². The highest BCUT2D eigenvalue weighted by Gasteiger charge is 2.45. The number of hydrogen-bond acceptors (Lipinski definition) is 4. The van der Waals surface area contributed by atoms with Crippen LogP contribution in [0.15, 0.2) is 12.3 Å². The van der Waals surface area contributed by atoms with Crippen LogP contribution in [0.1, 0.15) is 0 Å². The summed E-state index contributed by atoms with van der Waals surface area (Å²) in [6, 6.07) is 0. The fraction of sp³-hybridized carbons (Fsp3) is 0.714. The van der Waals surface area contributed by atoms with Gasteiger partial charge in [0.15, 0.2) is 8.32 Å². The van der Waals surface area contributed by atoms with E-state index < -0.39 is 25.7 Å². The van der Waals surface area contributed by atoms with E-state index in [4.69, 9.17) is 8.23 Å². The Labute approximate surface area is 88.9 Å².